The fourth-order valence-electron chi connectivity index (χ4n) is 4.03. The number of carbonyl (C=O) groups is 1. The molecule has 0 spiro atoms. The first-order valence-corrected chi connectivity index (χ1v) is 12.0. The van der Waals surface area contributed by atoms with Gasteiger partial charge in [-0.05, 0) is 43.2 Å². The molecule has 5 nitrogen and oxygen atoms in total. The summed E-state index contributed by atoms with van der Waals surface area (Å²) in [5, 5.41) is 3.17. The Labute approximate surface area is 161 Å². The summed E-state index contributed by atoms with van der Waals surface area (Å²) >= 11 is 1.23. The maximum atomic E-state index is 12.7. The normalized spacial score (nSPS) is 28.0. The second-order valence-corrected chi connectivity index (χ2v) is 11.1. The number of amides is 1. The molecule has 26 heavy (non-hydrogen) atoms. The molecular formula is C19H30N2O3S2. The minimum absolute atomic E-state index is 0.000259. The van der Waals surface area contributed by atoms with E-state index in [1.54, 1.807) is 16.4 Å². The van der Waals surface area contributed by atoms with Gasteiger partial charge in [-0.25, -0.2) is 8.42 Å². The highest BCUT2D eigenvalue weighted by Gasteiger charge is 2.29. The van der Waals surface area contributed by atoms with Gasteiger partial charge in [-0.3, -0.25) is 4.79 Å². The van der Waals surface area contributed by atoms with E-state index in [1.807, 2.05) is 0 Å². The Morgan fingerprint density at radius 1 is 1.15 bits per heavy atom. The van der Waals surface area contributed by atoms with E-state index < -0.39 is 10.0 Å². The zero-order valence-electron chi connectivity index (χ0n) is 15.7. The van der Waals surface area contributed by atoms with E-state index in [0.717, 1.165) is 37.0 Å². The first-order chi connectivity index (χ1) is 12.4. The van der Waals surface area contributed by atoms with Crippen molar-refractivity contribution in [2.45, 2.75) is 69.0 Å². The summed E-state index contributed by atoms with van der Waals surface area (Å²) in [4.78, 5) is 13.2. The average molecular weight is 399 g/mol. The minimum Gasteiger partial charge on any atom is -0.353 e. The highest BCUT2D eigenvalue weighted by Crippen LogP contribution is 2.30. The van der Waals surface area contributed by atoms with Crippen LogP contribution < -0.4 is 5.32 Å². The van der Waals surface area contributed by atoms with Crippen molar-refractivity contribution < 1.29 is 13.2 Å². The molecule has 2 heterocycles. The van der Waals surface area contributed by atoms with Crippen LogP contribution in [-0.4, -0.2) is 37.8 Å². The molecule has 1 aromatic rings. The molecule has 0 radical (unpaired) electrons. The molecule has 0 bridgehead atoms. The van der Waals surface area contributed by atoms with Crippen LogP contribution >= 0.6 is 11.3 Å². The Bertz CT molecular complexity index is 723. The lowest BCUT2D eigenvalue weighted by molar-refractivity contribution is -0.121. The Morgan fingerprint density at radius 3 is 2.62 bits per heavy atom. The van der Waals surface area contributed by atoms with E-state index in [1.165, 1.54) is 17.8 Å². The van der Waals surface area contributed by atoms with E-state index in [-0.39, 0.29) is 18.4 Å². The lowest BCUT2D eigenvalue weighted by atomic mass is 9.78. The first kappa shape index (κ1) is 19.8. The van der Waals surface area contributed by atoms with Crippen molar-refractivity contribution in [1.29, 1.82) is 0 Å². The molecule has 1 aliphatic heterocycles. The van der Waals surface area contributed by atoms with Crippen LogP contribution in [-0.2, 0) is 21.2 Å². The summed E-state index contributed by atoms with van der Waals surface area (Å²) in [5.41, 5.74) is 0. The number of carbonyl (C=O) groups excluding carboxylic acids is 1. The van der Waals surface area contributed by atoms with Crippen molar-refractivity contribution in [3.8, 4) is 0 Å². The van der Waals surface area contributed by atoms with Gasteiger partial charge in [0.05, 0.1) is 6.42 Å². The highest BCUT2D eigenvalue weighted by atomic mass is 32.2. The molecule has 2 fully saturated rings. The summed E-state index contributed by atoms with van der Waals surface area (Å²) in [7, 11) is -3.40. The number of sulfonamides is 1. The maximum absolute atomic E-state index is 12.7. The third kappa shape index (κ3) is 4.49. The molecule has 3 unspecified atom stereocenters. The summed E-state index contributed by atoms with van der Waals surface area (Å²) in [6.07, 6.45) is 6.65. The number of thiophene rings is 1. The Hall–Kier alpha value is -0.920. The van der Waals surface area contributed by atoms with E-state index >= 15 is 0 Å². The van der Waals surface area contributed by atoms with Gasteiger partial charge in [0.15, 0.2) is 0 Å². The predicted molar refractivity (Wildman–Crippen MR) is 105 cm³/mol. The van der Waals surface area contributed by atoms with Crippen LogP contribution in [0, 0.1) is 11.8 Å². The van der Waals surface area contributed by atoms with E-state index in [2.05, 4.69) is 19.2 Å². The molecule has 3 rings (SSSR count). The predicted octanol–water partition coefficient (Wildman–Crippen LogP) is 3.41. The molecule has 3 atom stereocenters. The van der Waals surface area contributed by atoms with Gasteiger partial charge >= 0.3 is 0 Å². The molecule has 1 saturated heterocycles. The number of nitrogens with zero attached hydrogens (tertiary/aromatic N) is 1. The first-order valence-electron chi connectivity index (χ1n) is 9.76. The highest BCUT2D eigenvalue weighted by molar-refractivity contribution is 7.91. The fourth-order valence-corrected chi connectivity index (χ4v) is 7.05. The average Bonchev–Trinajstić information content (AvgIpc) is 3.09. The van der Waals surface area contributed by atoms with Crippen molar-refractivity contribution in [2.75, 3.05) is 13.1 Å². The van der Waals surface area contributed by atoms with Gasteiger partial charge in [0.1, 0.15) is 4.21 Å². The minimum atomic E-state index is -3.40. The van der Waals surface area contributed by atoms with Crippen LogP contribution in [0.25, 0.3) is 0 Å². The van der Waals surface area contributed by atoms with Gasteiger partial charge in [0.25, 0.3) is 10.0 Å². The molecule has 7 heteroatoms. The molecule has 1 aliphatic carbocycles. The van der Waals surface area contributed by atoms with Crippen LogP contribution in [0.2, 0.25) is 0 Å². The monoisotopic (exact) mass is 398 g/mol. The number of nitrogens with one attached hydrogen (secondary N) is 1. The topological polar surface area (TPSA) is 66.5 Å². The Morgan fingerprint density at radius 2 is 1.88 bits per heavy atom. The van der Waals surface area contributed by atoms with Crippen molar-refractivity contribution >= 4 is 27.3 Å². The Balaban J connectivity index is 1.60. The van der Waals surface area contributed by atoms with Crippen molar-refractivity contribution in [3.05, 3.63) is 17.0 Å². The summed E-state index contributed by atoms with van der Waals surface area (Å²) in [6, 6.07) is 3.68. The van der Waals surface area contributed by atoms with Gasteiger partial charge in [-0.15, -0.1) is 11.3 Å². The van der Waals surface area contributed by atoms with Crippen LogP contribution in [0.3, 0.4) is 0 Å². The van der Waals surface area contributed by atoms with Crippen molar-refractivity contribution in [2.24, 2.45) is 11.8 Å². The molecule has 1 N–H and O–H groups in total. The van der Waals surface area contributed by atoms with Gasteiger partial charge in [0, 0.05) is 24.0 Å². The number of rotatable bonds is 5. The summed E-state index contributed by atoms with van der Waals surface area (Å²) in [6.45, 7) is 5.67. The molecule has 1 amide bonds. The van der Waals surface area contributed by atoms with Crippen LogP contribution in [0.15, 0.2) is 16.3 Å². The fraction of sp³-hybridized carbons (Fsp3) is 0.737. The summed E-state index contributed by atoms with van der Waals surface area (Å²) in [5.74, 6) is 1.13. The third-order valence-corrected chi connectivity index (χ3v) is 9.39. The number of piperidine rings is 1. The molecule has 1 aromatic heterocycles. The van der Waals surface area contributed by atoms with E-state index in [4.69, 9.17) is 0 Å². The molecular weight excluding hydrogens is 368 g/mol. The van der Waals surface area contributed by atoms with Gasteiger partial charge in [-0.1, -0.05) is 33.1 Å². The van der Waals surface area contributed by atoms with Crippen molar-refractivity contribution in [3.63, 3.8) is 0 Å². The quantitative estimate of drug-likeness (QED) is 0.826. The largest absolute Gasteiger partial charge is 0.353 e. The smallest absolute Gasteiger partial charge is 0.252 e. The molecule has 2 aliphatic rings. The SMILES string of the molecule is CC1CCCC(NC(=O)Cc2ccc(S(=O)(=O)N3CCCCC3)s2)C1C. The second kappa shape index (κ2) is 8.40. The lowest BCUT2D eigenvalue weighted by Gasteiger charge is -2.34. The molecule has 0 aromatic carbocycles. The van der Waals surface area contributed by atoms with Crippen LogP contribution in [0.5, 0.6) is 0 Å². The van der Waals surface area contributed by atoms with Gasteiger partial charge < -0.3 is 5.32 Å². The van der Waals surface area contributed by atoms with Gasteiger partial charge in [-0.2, -0.15) is 4.31 Å². The zero-order valence-corrected chi connectivity index (χ0v) is 17.4. The Kier molecular flexibility index (Phi) is 6.41. The second-order valence-electron chi connectivity index (χ2n) is 7.80. The van der Waals surface area contributed by atoms with Crippen LogP contribution in [0.4, 0.5) is 0 Å². The van der Waals surface area contributed by atoms with E-state index in [9.17, 15) is 13.2 Å². The third-order valence-electron chi connectivity index (χ3n) is 5.93. The molecule has 146 valence electrons. The zero-order chi connectivity index (χ0) is 18.7. The lowest BCUT2D eigenvalue weighted by Crippen LogP contribution is -2.44. The molecule has 1 saturated carbocycles. The van der Waals surface area contributed by atoms with Crippen LogP contribution in [0.1, 0.15) is 57.2 Å². The van der Waals surface area contributed by atoms with E-state index in [0.29, 0.717) is 29.1 Å². The number of hydrogen-bond acceptors (Lipinski definition) is 4. The maximum Gasteiger partial charge on any atom is 0.252 e. The summed E-state index contributed by atoms with van der Waals surface area (Å²) < 4.78 is 27.4. The van der Waals surface area contributed by atoms with Gasteiger partial charge in [0.2, 0.25) is 5.91 Å². The van der Waals surface area contributed by atoms with Crippen molar-refractivity contribution in [1.82, 2.24) is 9.62 Å². The number of hydrogen-bond donors (Lipinski definition) is 1. The standard InChI is InChI=1S/C19H30N2O3S2/c1-14-7-6-8-17(15(14)2)20-18(22)13-16-9-10-19(25-16)26(23,24)21-11-4-3-5-12-21/h9-10,14-15,17H,3-8,11-13H2,1-2H3,(H,20,22).